The molecule has 0 aliphatic rings. The number of alkyl halides is 2. The molecule has 0 spiro atoms. The zero-order valence-electron chi connectivity index (χ0n) is 6.47. The number of rotatable bonds is 2. The lowest BCUT2D eigenvalue weighted by Gasteiger charge is -2.01. The Labute approximate surface area is 78.8 Å². The van der Waals surface area contributed by atoms with E-state index in [1.54, 1.807) is 0 Å². The van der Waals surface area contributed by atoms with Crippen molar-refractivity contribution in [1.29, 1.82) is 5.26 Å². The van der Waals surface area contributed by atoms with E-state index in [0.717, 1.165) is 12.3 Å². The van der Waals surface area contributed by atoms with Crippen LogP contribution in [-0.2, 0) is 6.42 Å². The average molecular weight is 203 g/mol. The Kier molecular flexibility index (Phi) is 3.15. The molecule has 0 aliphatic carbocycles. The highest BCUT2D eigenvalue weighted by Gasteiger charge is 2.10. The molecule has 0 aliphatic heterocycles. The number of aromatic nitrogens is 1. The predicted molar refractivity (Wildman–Crippen MR) is 43.5 cm³/mol. The van der Waals surface area contributed by atoms with E-state index in [4.69, 9.17) is 16.9 Å². The molecular formula is C8H5ClF2N2. The minimum atomic E-state index is -2.58. The molecule has 0 N–H and O–H groups in total. The summed E-state index contributed by atoms with van der Waals surface area (Å²) < 4.78 is 24.2. The van der Waals surface area contributed by atoms with Crippen molar-refractivity contribution >= 4 is 11.6 Å². The van der Waals surface area contributed by atoms with Crippen LogP contribution in [0.15, 0.2) is 12.3 Å². The molecule has 0 unspecified atom stereocenters. The first-order valence-corrected chi connectivity index (χ1v) is 3.82. The van der Waals surface area contributed by atoms with Crippen molar-refractivity contribution in [1.82, 2.24) is 4.98 Å². The topological polar surface area (TPSA) is 36.7 Å². The maximum atomic E-state index is 12.1. The summed E-state index contributed by atoms with van der Waals surface area (Å²) in [5, 5.41) is 8.44. The van der Waals surface area contributed by atoms with Crippen molar-refractivity contribution in [3.05, 3.63) is 28.5 Å². The molecule has 1 aromatic heterocycles. The van der Waals surface area contributed by atoms with E-state index in [-0.39, 0.29) is 17.0 Å². The van der Waals surface area contributed by atoms with Gasteiger partial charge >= 0.3 is 0 Å². The number of nitrogens with zero attached hydrogens (tertiary/aromatic N) is 2. The lowest BCUT2D eigenvalue weighted by Crippen LogP contribution is -1.93. The van der Waals surface area contributed by atoms with Gasteiger partial charge in [0.05, 0.1) is 23.2 Å². The minimum absolute atomic E-state index is 0.0301. The van der Waals surface area contributed by atoms with Crippen LogP contribution in [0.1, 0.15) is 17.7 Å². The van der Waals surface area contributed by atoms with Gasteiger partial charge in [0.2, 0.25) is 0 Å². The van der Waals surface area contributed by atoms with Gasteiger partial charge in [0.25, 0.3) is 6.43 Å². The molecule has 0 saturated carbocycles. The van der Waals surface area contributed by atoms with E-state index in [1.807, 2.05) is 6.07 Å². The van der Waals surface area contributed by atoms with Gasteiger partial charge in [-0.2, -0.15) is 5.26 Å². The maximum absolute atomic E-state index is 12.1. The van der Waals surface area contributed by atoms with E-state index >= 15 is 0 Å². The third-order valence-corrected chi connectivity index (χ3v) is 1.76. The summed E-state index contributed by atoms with van der Waals surface area (Å²) in [7, 11) is 0. The van der Waals surface area contributed by atoms with E-state index in [1.165, 1.54) is 0 Å². The highest BCUT2D eigenvalue weighted by atomic mass is 35.5. The Morgan fingerprint density at radius 1 is 1.62 bits per heavy atom. The van der Waals surface area contributed by atoms with Crippen LogP contribution in [0.25, 0.3) is 0 Å². The Hall–Kier alpha value is -1.21. The molecule has 68 valence electrons. The predicted octanol–water partition coefficient (Wildman–Crippen LogP) is 2.74. The summed E-state index contributed by atoms with van der Waals surface area (Å²) in [6.07, 6.45) is -1.52. The molecule has 0 radical (unpaired) electrons. The molecule has 0 fully saturated rings. The van der Waals surface area contributed by atoms with Crippen molar-refractivity contribution < 1.29 is 8.78 Å². The fraction of sp³-hybridized carbons (Fsp3) is 0.250. The average Bonchev–Trinajstić information content (AvgIpc) is 2.08. The van der Waals surface area contributed by atoms with Gasteiger partial charge in [-0.1, -0.05) is 11.6 Å². The number of pyridine rings is 1. The van der Waals surface area contributed by atoms with Gasteiger partial charge in [0, 0.05) is 11.8 Å². The van der Waals surface area contributed by atoms with E-state index in [9.17, 15) is 8.78 Å². The molecule has 0 amide bonds. The molecule has 0 bridgehead atoms. The lowest BCUT2D eigenvalue weighted by molar-refractivity contribution is 0.151. The fourth-order valence-electron chi connectivity index (χ4n) is 0.805. The number of nitriles is 1. The van der Waals surface area contributed by atoms with Crippen molar-refractivity contribution in [3.8, 4) is 6.07 Å². The zero-order valence-corrected chi connectivity index (χ0v) is 7.22. The van der Waals surface area contributed by atoms with E-state index in [0.29, 0.717) is 5.69 Å². The highest BCUT2D eigenvalue weighted by molar-refractivity contribution is 6.31. The molecule has 1 aromatic rings. The first-order chi connectivity index (χ1) is 6.15. The van der Waals surface area contributed by atoms with Gasteiger partial charge in [0.15, 0.2) is 0 Å². The molecule has 0 atom stereocenters. The third kappa shape index (κ3) is 2.36. The van der Waals surface area contributed by atoms with Crippen LogP contribution in [0.3, 0.4) is 0 Å². The van der Waals surface area contributed by atoms with E-state index in [2.05, 4.69) is 4.98 Å². The van der Waals surface area contributed by atoms with Crippen LogP contribution in [0, 0.1) is 11.3 Å². The number of hydrogen-bond donors (Lipinski definition) is 0. The lowest BCUT2D eigenvalue weighted by atomic mass is 10.2. The molecule has 0 aromatic carbocycles. The van der Waals surface area contributed by atoms with Crippen molar-refractivity contribution in [2.45, 2.75) is 12.8 Å². The second-order valence-corrected chi connectivity index (χ2v) is 2.74. The maximum Gasteiger partial charge on any atom is 0.265 e. The van der Waals surface area contributed by atoms with Crippen LogP contribution in [-0.4, -0.2) is 4.98 Å². The van der Waals surface area contributed by atoms with Gasteiger partial charge < -0.3 is 0 Å². The number of halogens is 3. The summed E-state index contributed by atoms with van der Waals surface area (Å²) in [4.78, 5) is 3.65. The smallest absolute Gasteiger partial charge is 0.258 e. The molecule has 2 nitrogen and oxygen atoms in total. The standard InChI is InChI=1S/C8H5ClF2N2/c9-6-3-5(8(10)11)4-13-7(6)1-2-12/h3-4,8H,1H2. The first kappa shape index (κ1) is 9.87. The zero-order chi connectivity index (χ0) is 9.84. The molecular weight excluding hydrogens is 198 g/mol. The quantitative estimate of drug-likeness (QED) is 0.740. The normalized spacial score (nSPS) is 10.1. The Bertz CT molecular complexity index is 346. The summed E-state index contributed by atoms with van der Waals surface area (Å²) in [5.41, 5.74) is 0.0975. The summed E-state index contributed by atoms with van der Waals surface area (Å²) in [6, 6.07) is 2.97. The highest BCUT2D eigenvalue weighted by Crippen LogP contribution is 2.23. The second-order valence-electron chi connectivity index (χ2n) is 2.33. The van der Waals surface area contributed by atoms with Crippen molar-refractivity contribution in [2.24, 2.45) is 0 Å². The molecule has 1 heterocycles. The molecule has 0 saturated heterocycles. The van der Waals surface area contributed by atoms with Gasteiger partial charge in [0.1, 0.15) is 0 Å². The monoisotopic (exact) mass is 202 g/mol. The first-order valence-electron chi connectivity index (χ1n) is 3.44. The summed E-state index contributed by atoms with van der Waals surface area (Å²) in [5.74, 6) is 0. The number of hydrogen-bond acceptors (Lipinski definition) is 2. The van der Waals surface area contributed by atoms with Crippen LogP contribution >= 0.6 is 11.6 Å². The van der Waals surface area contributed by atoms with Crippen LogP contribution in [0.4, 0.5) is 8.78 Å². The molecule has 5 heteroatoms. The molecule has 1 rings (SSSR count). The van der Waals surface area contributed by atoms with Crippen molar-refractivity contribution in [3.63, 3.8) is 0 Å². The Morgan fingerprint density at radius 2 is 2.31 bits per heavy atom. The largest absolute Gasteiger partial charge is 0.265 e. The van der Waals surface area contributed by atoms with Gasteiger partial charge in [-0.25, -0.2) is 8.78 Å². The molecule has 13 heavy (non-hydrogen) atoms. The summed E-state index contributed by atoms with van der Waals surface area (Å²) in [6.45, 7) is 0. The Morgan fingerprint density at radius 3 is 2.77 bits per heavy atom. The van der Waals surface area contributed by atoms with E-state index < -0.39 is 6.43 Å². The van der Waals surface area contributed by atoms with Crippen molar-refractivity contribution in [2.75, 3.05) is 0 Å². The SMILES string of the molecule is N#CCc1ncc(C(F)F)cc1Cl. The van der Waals surface area contributed by atoms with Gasteiger partial charge in [-0.3, -0.25) is 4.98 Å². The second kappa shape index (κ2) is 4.15. The third-order valence-electron chi connectivity index (χ3n) is 1.44. The van der Waals surface area contributed by atoms with Crippen LogP contribution < -0.4 is 0 Å². The Balaban J connectivity index is 3.00. The van der Waals surface area contributed by atoms with Gasteiger partial charge in [-0.05, 0) is 6.07 Å². The van der Waals surface area contributed by atoms with Crippen LogP contribution in [0.2, 0.25) is 5.02 Å². The summed E-state index contributed by atoms with van der Waals surface area (Å²) >= 11 is 5.61. The minimum Gasteiger partial charge on any atom is -0.258 e. The fourth-order valence-corrected chi connectivity index (χ4v) is 1.05. The van der Waals surface area contributed by atoms with Crippen LogP contribution in [0.5, 0.6) is 0 Å². The van der Waals surface area contributed by atoms with Gasteiger partial charge in [-0.15, -0.1) is 0 Å².